The van der Waals surface area contributed by atoms with Crippen LogP contribution in [0.4, 0.5) is 0 Å². The van der Waals surface area contributed by atoms with Gasteiger partial charge in [-0.15, -0.1) is 0 Å². The van der Waals surface area contributed by atoms with Crippen molar-refractivity contribution in [3.63, 3.8) is 0 Å². The maximum atomic E-state index is 11.4. The minimum atomic E-state index is -3.05. The van der Waals surface area contributed by atoms with E-state index < -0.39 is 10.0 Å². The molecule has 0 saturated carbocycles. The Bertz CT molecular complexity index is 528. The van der Waals surface area contributed by atoms with Crippen molar-refractivity contribution in [3.05, 3.63) is 29.0 Å². The maximum absolute atomic E-state index is 11.4. The van der Waals surface area contributed by atoms with Gasteiger partial charge in [0.15, 0.2) is 0 Å². The van der Waals surface area contributed by atoms with Crippen LogP contribution in [-0.4, -0.2) is 43.1 Å². The van der Waals surface area contributed by atoms with Gasteiger partial charge in [0.2, 0.25) is 10.0 Å². The summed E-state index contributed by atoms with van der Waals surface area (Å²) < 4.78 is 24.3. The number of halogens is 1. The summed E-state index contributed by atoms with van der Waals surface area (Å²) in [6.45, 7) is 1.85. The largest absolute Gasteiger partial charge is 0.310 e. The van der Waals surface area contributed by atoms with E-state index in [1.165, 1.54) is 10.6 Å². The number of pyridine rings is 1. The molecule has 5 nitrogen and oxygen atoms in total. The van der Waals surface area contributed by atoms with Crippen LogP contribution < -0.4 is 5.32 Å². The zero-order valence-corrected chi connectivity index (χ0v) is 12.4. The van der Waals surface area contributed by atoms with Crippen LogP contribution in [0, 0.1) is 0 Å². The molecule has 2 heterocycles. The van der Waals surface area contributed by atoms with Gasteiger partial charge < -0.3 is 5.32 Å². The molecule has 2 rings (SSSR count). The molecule has 1 fully saturated rings. The first-order chi connectivity index (χ1) is 8.97. The number of rotatable bonds is 4. The van der Waals surface area contributed by atoms with E-state index in [-0.39, 0.29) is 0 Å². The van der Waals surface area contributed by atoms with Crippen LogP contribution in [-0.2, 0) is 16.6 Å². The zero-order valence-electron chi connectivity index (χ0n) is 10.8. The van der Waals surface area contributed by atoms with Gasteiger partial charge in [-0.05, 0) is 24.5 Å². The van der Waals surface area contributed by atoms with Crippen molar-refractivity contribution < 1.29 is 8.42 Å². The van der Waals surface area contributed by atoms with Gasteiger partial charge in [0.05, 0.1) is 11.3 Å². The number of hydrogen-bond acceptors (Lipinski definition) is 4. The molecule has 7 heteroatoms. The molecule has 1 saturated heterocycles. The molecule has 1 aromatic heterocycles. The quantitative estimate of drug-likeness (QED) is 0.909. The highest BCUT2D eigenvalue weighted by Gasteiger charge is 2.24. The molecule has 106 valence electrons. The van der Waals surface area contributed by atoms with Gasteiger partial charge in [0.1, 0.15) is 0 Å². The molecule has 1 aromatic rings. The van der Waals surface area contributed by atoms with Crippen LogP contribution in [0.3, 0.4) is 0 Å². The van der Waals surface area contributed by atoms with Crippen molar-refractivity contribution in [3.8, 4) is 0 Å². The van der Waals surface area contributed by atoms with Crippen LogP contribution in [0.25, 0.3) is 0 Å². The number of nitrogens with one attached hydrogen (secondary N) is 1. The van der Waals surface area contributed by atoms with Crippen LogP contribution in [0.1, 0.15) is 18.4 Å². The lowest BCUT2D eigenvalue weighted by atomic mass is 10.1. The van der Waals surface area contributed by atoms with Crippen LogP contribution >= 0.6 is 11.6 Å². The monoisotopic (exact) mass is 303 g/mol. The first kappa shape index (κ1) is 14.7. The lowest BCUT2D eigenvalue weighted by molar-refractivity contribution is 0.290. The molecule has 0 radical (unpaired) electrons. The second-order valence-electron chi connectivity index (χ2n) is 4.78. The molecule has 0 spiro atoms. The van der Waals surface area contributed by atoms with Crippen molar-refractivity contribution in [2.45, 2.75) is 25.4 Å². The number of sulfonamides is 1. The Morgan fingerprint density at radius 2 is 2.16 bits per heavy atom. The summed E-state index contributed by atoms with van der Waals surface area (Å²) in [4.78, 5) is 3.94. The predicted octanol–water partition coefficient (Wildman–Crippen LogP) is 1.25. The smallest absolute Gasteiger partial charge is 0.211 e. The standard InChI is InChI=1S/C12H18ClN3O2S/c1-19(17,18)16-6-3-11(4-7-16)15-8-10-2-5-14-9-12(10)13/h2,5,9,11,15H,3-4,6-8H2,1H3. The molecule has 1 aliphatic heterocycles. The van der Waals surface area contributed by atoms with E-state index >= 15 is 0 Å². The first-order valence-electron chi connectivity index (χ1n) is 6.23. The predicted molar refractivity (Wildman–Crippen MR) is 75.5 cm³/mol. The Labute approximate surface area is 119 Å². The van der Waals surface area contributed by atoms with E-state index in [0.29, 0.717) is 30.7 Å². The Balaban J connectivity index is 1.82. The lowest BCUT2D eigenvalue weighted by Gasteiger charge is -2.30. The van der Waals surface area contributed by atoms with Crippen LogP contribution in [0.2, 0.25) is 5.02 Å². The fourth-order valence-corrected chi connectivity index (χ4v) is 3.25. The highest BCUT2D eigenvalue weighted by Crippen LogP contribution is 2.16. The zero-order chi connectivity index (χ0) is 13.9. The van der Waals surface area contributed by atoms with Gasteiger partial charge in [0, 0.05) is 38.1 Å². The summed E-state index contributed by atoms with van der Waals surface area (Å²) >= 11 is 6.03. The Kier molecular flexibility index (Phi) is 4.78. The summed E-state index contributed by atoms with van der Waals surface area (Å²) in [7, 11) is -3.05. The third-order valence-electron chi connectivity index (χ3n) is 3.36. The van der Waals surface area contributed by atoms with E-state index in [1.54, 1.807) is 12.4 Å². The molecule has 0 unspecified atom stereocenters. The third kappa shape index (κ3) is 4.14. The van der Waals surface area contributed by atoms with Gasteiger partial charge in [0.25, 0.3) is 0 Å². The second-order valence-corrected chi connectivity index (χ2v) is 7.17. The lowest BCUT2D eigenvalue weighted by Crippen LogP contribution is -2.44. The van der Waals surface area contributed by atoms with Gasteiger partial charge in [-0.3, -0.25) is 4.98 Å². The molecule has 0 amide bonds. The van der Waals surface area contributed by atoms with E-state index in [9.17, 15) is 8.42 Å². The molecular formula is C12H18ClN3O2S. The minimum absolute atomic E-state index is 0.335. The number of aromatic nitrogens is 1. The van der Waals surface area contributed by atoms with Crippen molar-refractivity contribution in [1.29, 1.82) is 0 Å². The Hall–Kier alpha value is -0.690. The van der Waals surface area contributed by atoms with Crippen molar-refractivity contribution >= 4 is 21.6 Å². The van der Waals surface area contributed by atoms with E-state index in [4.69, 9.17) is 11.6 Å². The molecule has 19 heavy (non-hydrogen) atoms. The van der Waals surface area contributed by atoms with Crippen LogP contribution in [0.5, 0.6) is 0 Å². The Morgan fingerprint density at radius 1 is 1.47 bits per heavy atom. The summed E-state index contributed by atoms with van der Waals surface area (Å²) in [5.41, 5.74) is 1.02. The van der Waals surface area contributed by atoms with Gasteiger partial charge in [-0.25, -0.2) is 12.7 Å². The normalized spacial score (nSPS) is 18.6. The fraction of sp³-hybridized carbons (Fsp3) is 0.583. The SMILES string of the molecule is CS(=O)(=O)N1CCC(NCc2ccncc2Cl)CC1. The minimum Gasteiger partial charge on any atom is -0.310 e. The summed E-state index contributed by atoms with van der Waals surface area (Å²) in [5, 5.41) is 4.07. The molecule has 0 aromatic carbocycles. The topological polar surface area (TPSA) is 62.3 Å². The molecule has 0 aliphatic carbocycles. The molecule has 1 aliphatic rings. The van der Waals surface area contributed by atoms with Gasteiger partial charge in [-0.1, -0.05) is 11.6 Å². The summed E-state index contributed by atoms with van der Waals surface area (Å²) in [6.07, 6.45) is 6.27. The molecule has 1 N–H and O–H groups in total. The highest BCUT2D eigenvalue weighted by atomic mass is 35.5. The van der Waals surface area contributed by atoms with Gasteiger partial charge in [-0.2, -0.15) is 0 Å². The van der Waals surface area contributed by atoms with Crippen molar-refractivity contribution in [1.82, 2.24) is 14.6 Å². The summed E-state index contributed by atoms with van der Waals surface area (Å²) in [6, 6.07) is 2.23. The van der Waals surface area contributed by atoms with Crippen molar-refractivity contribution in [2.75, 3.05) is 19.3 Å². The van der Waals surface area contributed by atoms with Crippen molar-refractivity contribution in [2.24, 2.45) is 0 Å². The average molecular weight is 304 g/mol. The number of nitrogens with zero attached hydrogens (tertiary/aromatic N) is 2. The number of hydrogen-bond donors (Lipinski definition) is 1. The van der Waals surface area contributed by atoms with E-state index in [2.05, 4.69) is 10.3 Å². The van der Waals surface area contributed by atoms with Crippen LogP contribution in [0.15, 0.2) is 18.5 Å². The molecule has 0 atom stereocenters. The maximum Gasteiger partial charge on any atom is 0.211 e. The second kappa shape index (κ2) is 6.17. The Morgan fingerprint density at radius 3 is 2.74 bits per heavy atom. The number of piperidine rings is 1. The summed E-state index contributed by atoms with van der Waals surface area (Å²) in [5.74, 6) is 0. The highest BCUT2D eigenvalue weighted by molar-refractivity contribution is 7.88. The van der Waals surface area contributed by atoms with Gasteiger partial charge >= 0.3 is 0 Å². The fourth-order valence-electron chi connectivity index (χ4n) is 2.19. The van der Waals surface area contributed by atoms with E-state index in [1.807, 2.05) is 6.07 Å². The molecular weight excluding hydrogens is 286 g/mol. The first-order valence-corrected chi connectivity index (χ1v) is 8.46. The average Bonchev–Trinajstić information content (AvgIpc) is 2.37. The molecule has 0 bridgehead atoms. The van der Waals surface area contributed by atoms with E-state index in [0.717, 1.165) is 18.4 Å². The third-order valence-corrected chi connectivity index (χ3v) is 5.00.